The van der Waals surface area contributed by atoms with E-state index in [0.29, 0.717) is 10.4 Å². The number of hydrogen-bond donors (Lipinski definition) is 0. The lowest BCUT2D eigenvalue weighted by atomic mass is 9.90. The lowest BCUT2D eigenvalue weighted by Gasteiger charge is -2.15. The summed E-state index contributed by atoms with van der Waals surface area (Å²) in [5.74, 6) is 1.96. The van der Waals surface area contributed by atoms with E-state index in [4.69, 9.17) is 6.42 Å². The van der Waals surface area contributed by atoms with Gasteiger partial charge >= 0.3 is 0 Å². The number of carbonyl (C=O) groups is 1. The third kappa shape index (κ3) is 3.09. The van der Waals surface area contributed by atoms with Crippen LogP contribution < -0.4 is 4.80 Å². The smallest absolute Gasteiger partial charge is 0.279 e. The maximum atomic E-state index is 13.5. The molecule has 0 atom stereocenters. The number of halogens is 1. The zero-order valence-corrected chi connectivity index (χ0v) is 15.0. The minimum absolute atomic E-state index is 0.280. The van der Waals surface area contributed by atoms with Gasteiger partial charge in [0.05, 0.1) is 16.8 Å². The van der Waals surface area contributed by atoms with Crippen LogP contribution in [0.15, 0.2) is 41.4 Å². The molecule has 0 N–H and O–H groups in total. The van der Waals surface area contributed by atoms with Crippen molar-refractivity contribution in [2.45, 2.75) is 32.2 Å². The van der Waals surface area contributed by atoms with Gasteiger partial charge in [0.1, 0.15) is 5.82 Å². The number of amides is 1. The molecule has 1 heterocycles. The monoisotopic (exact) mass is 364 g/mol. The normalized spacial score (nSPS) is 14.2. The first-order valence-corrected chi connectivity index (χ1v) is 9.40. The average molecular weight is 364 g/mol. The van der Waals surface area contributed by atoms with Gasteiger partial charge in [-0.25, -0.2) is 4.39 Å². The Morgan fingerprint density at radius 2 is 2.00 bits per heavy atom. The van der Waals surface area contributed by atoms with Crippen molar-refractivity contribution in [1.82, 2.24) is 4.57 Å². The van der Waals surface area contributed by atoms with Crippen LogP contribution >= 0.6 is 11.3 Å². The molecule has 0 saturated carbocycles. The fraction of sp³-hybridized carbons (Fsp3) is 0.238. The van der Waals surface area contributed by atoms with Crippen molar-refractivity contribution in [2.24, 2.45) is 4.99 Å². The summed E-state index contributed by atoms with van der Waals surface area (Å²) in [4.78, 5) is 17.5. The predicted molar refractivity (Wildman–Crippen MR) is 102 cm³/mol. The highest BCUT2D eigenvalue weighted by atomic mass is 32.1. The Hall–Kier alpha value is -2.71. The predicted octanol–water partition coefficient (Wildman–Crippen LogP) is 4.10. The van der Waals surface area contributed by atoms with E-state index in [1.807, 2.05) is 18.2 Å². The summed E-state index contributed by atoms with van der Waals surface area (Å²) in [6, 6.07) is 10.3. The first-order chi connectivity index (χ1) is 12.7. The number of carbonyl (C=O) groups excluding carboxylic acids is 1. The minimum atomic E-state index is -0.320. The van der Waals surface area contributed by atoms with Crippen LogP contribution in [0.5, 0.6) is 0 Å². The summed E-state index contributed by atoms with van der Waals surface area (Å²) in [5, 5.41) is 0. The third-order valence-corrected chi connectivity index (χ3v) is 5.73. The number of benzene rings is 2. The van der Waals surface area contributed by atoms with E-state index in [1.165, 1.54) is 41.0 Å². The van der Waals surface area contributed by atoms with Gasteiger partial charge in [0.25, 0.3) is 5.91 Å². The largest absolute Gasteiger partial charge is 0.305 e. The van der Waals surface area contributed by atoms with Crippen molar-refractivity contribution < 1.29 is 9.18 Å². The molecule has 0 unspecified atom stereocenters. The highest BCUT2D eigenvalue weighted by molar-refractivity contribution is 7.16. The first kappa shape index (κ1) is 16.7. The third-order valence-electron chi connectivity index (χ3n) is 4.69. The number of terminal acetylenes is 1. The van der Waals surface area contributed by atoms with Crippen molar-refractivity contribution >= 4 is 27.5 Å². The molecule has 3 aromatic rings. The Bertz CT molecular complexity index is 1120. The van der Waals surface area contributed by atoms with Gasteiger partial charge in [-0.3, -0.25) is 4.79 Å². The van der Waals surface area contributed by atoms with Crippen LogP contribution in [0.3, 0.4) is 0 Å². The molecule has 3 nitrogen and oxygen atoms in total. The molecule has 1 aromatic heterocycles. The van der Waals surface area contributed by atoms with Gasteiger partial charge in [-0.2, -0.15) is 4.99 Å². The van der Waals surface area contributed by atoms with Gasteiger partial charge in [0, 0.05) is 5.56 Å². The maximum Gasteiger partial charge on any atom is 0.279 e. The number of nitrogens with zero attached hydrogens (tertiary/aromatic N) is 2. The fourth-order valence-electron chi connectivity index (χ4n) is 3.39. The van der Waals surface area contributed by atoms with E-state index < -0.39 is 0 Å². The molecule has 0 aliphatic heterocycles. The van der Waals surface area contributed by atoms with Gasteiger partial charge < -0.3 is 4.57 Å². The van der Waals surface area contributed by atoms with Crippen LogP contribution in [-0.2, 0) is 19.4 Å². The van der Waals surface area contributed by atoms with Gasteiger partial charge in [0.15, 0.2) is 4.80 Å². The van der Waals surface area contributed by atoms with E-state index >= 15 is 0 Å². The van der Waals surface area contributed by atoms with Crippen LogP contribution in [0.4, 0.5) is 4.39 Å². The molecule has 0 fully saturated rings. The molecule has 1 aliphatic rings. The van der Waals surface area contributed by atoms with Crippen molar-refractivity contribution in [3.63, 3.8) is 0 Å². The molecule has 2 aromatic carbocycles. The first-order valence-electron chi connectivity index (χ1n) is 8.59. The van der Waals surface area contributed by atoms with E-state index in [9.17, 15) is 9.18 Å². The second-order valence-electron chi connectivity index (χ2n) is 6.39. The molecule has 5 heteroatoms. The number of hydrogen-bond acceptors (Lipinski definition) is 2. The van der Waals surface area contributed by atoms with E-state index in [0.717, 1.165) is 29.5 Å². The molecule has 1 aliphatic carbocycles. The zero-order chi connectivity index (χ0) is 18.1. The SMILES string of the molecule is C#CCn1c(=NC(=O)c2ccc3c(c2)CCCC3)sc2cc(F)ccc21. The summed E-state index contributed by atoms with van der Waals surface area (Å²) in [6.07, 6.45) is 9.91. The molecule has 1 amide bonds. The van der Waals surface area contributed by atoms with E-state index in [2.05, 4.69) is 10.9 Å². The molecule has 4 rings (SSSR count). The van der Waals surface area contributed by atoms with Gasteiger partial charge in [0.2, 0.25) is 0 Å². The van der Waals surface area contributed by atoms with E-state index in [1.54, 1.807) is 10.6 Å². The number of aryl methyl sites for hydroxylation is 2. The summed E-state index contributed by atoms with van der Waals surface area (Å²) in [5.41, 5.74) is 3.94. The second kappa shape index (κ2) is 6.89. The van der Waals surface area contributed by atoms with Crippen molar-refractivity contribution in [2.75, 3.05) is 0 Å². The molecule has 26 heavy (non-hydrogen) atoms. The molecular formula is C21H17FN2OS. The Balaban J connectivity index is 1.79. The van der Waals surface area contributed by atoms with Gasteiger partial charge in [-0.1, -0.05) is 23.3 Å². The topological polar surface area (TPSA) is 34.4 Å². The molecule has 130 valence electrons. The lowest BCUT2D eigenvalue weighted by Crippen LogP contribution is -2.16. The second-order valence-corrected chi connectivity index (χ2v) is 7.40. The Labute approximate surface area is 154 Å². The van der Waals surface area contributed by atoms with Gasteiger partial charge in [-0.15, -0.1) is 6.42 Å². The van der Waals surface area contributed by atoms with Crippen molar-refractivity contribution in [1.29, 1.82) is 0 Å². The zero-order valence-electron chi connectivity index (χ0n) is 14.2. The number of fused-ring (bicyclic) bond motifs is 2. The van der Waals surface area contributed by atoms with Crippen LogP contribution in [0, 0.1) is 18.2 Å². The Kier molecular flexibility index (Phi) is 4.44. The summed E-state index contributed by atoms with van der Waals surface area (Å²) >= 11 is 1.27. The standard InChI is InChI=1S/C21H17FN2OS/c1-2-11-24-18-10-9-17(22)13-19(18)26-21(24)23-20(25)16-8-7-14-5-3-4-6-15(14)12-16/h1,7-10,12-13H,3-6,11H2. The average Bonchev–Trinajstić information content (AvgIpc) is 2.98. The van der Waals surface area contributed by atoms with Gasteiger partial charge in [-0.05, 0) is 67.1 Å². The Morgan fingerprint density at radius 3 is 2.81 bits per heavy atom. The van der Waals surface area contributed by atoms with Crippen LogP contribution in [0.25, 0.3) is 10.2 Å². The summed E-state index contributed by atoms with van der Waals surface area (Å²) < 4.78 is 16.0. The number of rotatable bonds is 2. The highest BCUT2D eigenvalue weighted by Gasteiger charge is 2.13. The van der Waals surface area contributed by atoms with Crippen LogP contribution in [-0.4, -0.2) is 10.5 Å². The highest BCUT2D eigenvalue weighted by Crippen LogP contribution is 2.23. The Morgan fingerprint density at radius 1 is 1.19 bits per heavy atom. The minimum Gasteiger partial charge on any atom is -0.305 e. The van der Waals surface area contributed by atoms with Crippen molar-refractivity contribution in [3.05, 3.63) is 63.7 Å². The summed E-state index contributed by atoms with van der Waals surface area (Å²) in [7, 11) is 0. The number of thiazole rings is 1. The molecule has 0 saturated heterocycles. The van der Waals surface area contributed by atoms with Crippen LogP contribution in [0.2, 0.25) is 0 Å². The van der Waals surface area contributed by atoms with E-state index in [-0.39, 0.29) is 18.3 Å². The number of aromatic nitrogens is 1. The van der Waals surface area contributed by atoms with Crippen molar-refractivity contribution in [3.8, 4) is 12.3 Å². The quantitative estimate of drug-likeness (QED) is 0.631. The molecular weight excluding hydrogens is 347 g/mol. The maximum absolute atomic E-state index is 13.5. The molecule has 0 radical (unpaired) electrons. The fourth-order valence-corrected chi connectivity index (χ4v) is 4.45. The summed E-state index contributed by atoms with van der Waals surface area (Å²) in [6.45, 7) is 0.280. The van der Waals surface area contributed by atoms with Crippen LogP contribution in [0.1, 0.15) is 34.3 Å². The molecule has 0 bridgehead atoms. The lowest BCUT2D eigenvalue weighted by molar-refractivity contribution is 0.0997. The molecule has 0 spiro atoms.